The third-order valence-electron chi connectivity index (χ3n) is 5.89. The lowest BCUT2D eigenvalue weighted by Gasteiger charge is -2.33. The standard InChI is InChI=1S/C22H35N3O5S/c1-14(13-26)20-16(5-4-8-24-22(28)29-3)11-19(31-20)15(2)25(17-6-7-17)21(27)18-12-23-9-10-30-18/h11,14-15,17-18,23,26H,4-10,12-13H2,1-3H3,(H,24,28)/t14?,15?,18-/m1/s1. The summed E-state index contributed by atoms with van der Waals surface area (Å²) in [6.07, 6.45) is 2.79. The van der Waals surface area contributed by atoms with Gasteiger partial charge in [0.05, 0.1) is 26.4 Å². The number of morpholine rings is 1. The summed E-state index contributed by atoms with van der Waals surface area (Å²) < 4.78 is 10.3. The van der Waals surface area contributed by atoms with Crippen molar-refractivity contribution in [3.63, 3.8) is 0 Å². The van der Waals surface area contributed by atoms with E-state index in [1.165, 1.54) is 12.7 Å². The molecule has 1 saturated carbocycles. The molecule has 3 rings (SSSR count). The summed E-state index contributed by atoms with van der Waals surface area (Å²) in [6, 6.07) is 2.42. The van der Waals surface area contributed by atoms with Crippen molar-refractivity contribution in [2.75, 3.05) is 40.0 Å². The molecular formula is C22H35N3O5S. The Hall–Kier alpha value is -1.68. The topological polar surface area (TPSA) is 100 Å². The Morgan fingerprint density at radius 1 is 1.42 bits per heavy atom. The van der Waals surface area contributed by atoms with Gasteiger partial charge in [0.2, 0.25) is 0 Å². The second kappa shape index (κ2) is 11.3. The van der Waals surface area contributed by atoms with Crippen molar-refractivity contribution >= 4 is 23.3 Å². The second-order valence-electron chi connectivity index (χ2n) is 8.36. The SMILES string of the molecule is COC(=O)NCCCc1cc(C(C)N(C(=O)[C@H]2CNCCO2)C2CC2)sc1C(C)CO. The molecule has 2 aliphatic rings. The van der Waals surface area contributed by atoms with E-state index < -0.39 is 12.2 Å². The first-order valence-corrected chi connectivity index (χ1v) is 12.0. The lowest BCUT2D eigenvalue weighted by molar-refractivity contribution is -0.148. The summed E-state index contributed by atoms with van der Waals surface area (Å²) in [5.74, 6) is 0.0988. The van der Waals surface area contributed by atoms with Gasteiger partial charge in [-0.25, -0.2) is 4.79 Å². The van der Waals surface area contributed by atoms with Crippen LogP contribution in [0.5, 0.6) is 0 Å². The average molecular weight is 454 g/mol. The van der Waals surface area contributed by atoms with Crippen LogP contribution in [-0.2, 0) is 20.7 Å². The van der Waals surface area contributed by atoms with Gasteiger partial charge in [-0.3, -0.25) is 4.79 Å². The number of aliphatic hydroxyl groups is 1. The first kappa shape index (κ1) is 24.0. The van der Waals surface area contributed by atoms with E-state index in [9.17, 15) is 14.7 Å². The molecule has 1 aliphatic carbocycles. The van der Waals surface area contributed by atoms with Gasteiger partial charge in [-0.1, -0.05) is 6.92 Å². The van der Waals surface area contributed by atoms with Crippen LogP contribution in [0.2, 0.25) is 0 Å². The molecular weight excluding hydrogens is 418 g/mol. The molecule has 0 radical (unpaired) electrons. The quantitative estimate of drug-likeness (QED) is 0.470. The second-order valence-corrected chi connectivity index (χ2v) is 9.48. The Morgan fingerprint density at radius 3 is 2.81 bits per heavy atom. The maximum Gasteiger partial charge on any atom is 0.406 e. The number of carbonyl (C=O) groups excluding carboxylic acids is 2. The highest BCUT2D eigenvalue weighted by Crippen LogP contribution is 2.40. The summed E-state index contributed by atoms with van der Waals surface area (Å²) >= 11 is 1.68. The zero-order chi connectivity index (χ0) is 22.4. The van der Waals surface area contributed by atoms with Gasteiger partial charge in [-0.2, -0.15) is 0 Å². The van der Waals surface area contributed by atoms with E-state index in [0.717, 1.165) is 42.0 Å². The first-order valence-electron chi connectivity index (χ1n) is 11.2. The molecule has 0 bridgehead atoms. The smallest absolute Gasteiger partial charge is 0.406 e. The molecule has 0 spiro atoms. The molecule has 3 atom stereocenters. The minimum absolute atomic E-state index is 0.0328. The van der Waals surface area contributed by atoms with E-state index in [1.807, 2.05) is 11.8 Å². The third-order valence-corrected chi connectivity index (χ3v) is 7.47. The lowest BCUT2D eigenvalue weighted by Crippen LogP contribution is -2.50. The third kappa shape index (κ3) is 6.19. The number of hydrogen-bond donors (Lipinski definition) is 3. The van der Waals surface area contributed by atoms with Gasteiger partial charge in [0, 0.05) is 41.3 Å². The normalized spacial score (nSPS) is 20.7. The number of methoxy groups -OCH3 is 1. The summed E-state index contributed by atoms with van der Waals surface area (Å²) in [4.78, 5) is 28.8. The molecule has 1 aromatic rings. The molecule has 2 heterocycles. The van der Waals surface area contributed by atoms with Crippen LogP contribution in [-0.4, -0.2) is 74.1 Å². The van der Waals surface area contributed by atoms with Crippen molar-refractivity contribution in [2.45, 2.75) is 63.6 Å². The van der Waals surface area contributed by atoms with Gasteiger partial charge in [-0.15, -0.1) is 11.3 Å². The lowest BCUT2D eigenvalue weighted by atomic mass is 10.0. The molecule has 1 aliphatic heterocycles. The molecule has 8 nitrogen and oxygen atoms in total. The maximum atomic E-state index is 13.3. The molecule has 3 N–H and O–H groups in total. The number of rotatable bonds is 10. The Kier molecular flexibility index (Phi) is 8.71. The number of aliphatic hydroxyl groups excluding tert-OH is 1. The number of alkyl carbamates (subject to hydrolysis) is 1. The Bertz CT molecular complexity index is 746. The first-order chi connectivity index (χ1) is 15.0. The van der Waals surface area contributed by atoms with Gasteiger partial charge in [0.25, 0.3) is 5.91 Å². The van der Waals surface area contributed by atoms with Crippen LogP contribution >= 0.6 is 11.3 Å². The molecule has 0 aromatic carbocycles. The number of thiophene rings is 1. The number of nitrogens with zero attached hydrogens (tertiary/aromatic N) is 1. The predicted molar refractivity (Wildman–Crippen MR) is 119 cm³/mol. The highest BCUT2D eigenvalue weighted by molar-refractivity contribution is 7.12. The van der Waals surface area contributed by atoms with E-state index in [1.54, 1.807) is 11.3 Å². The number of ether oxygens (including phenoxy) is 2. The Balaban J connectivity index is 1.73. The fourth-order valence-electron chi connectivity index (χ4n) is 3.97. The van der Waals surface area contributed by atoms with Crippen LogP contribution in [0.1, 0.15) is 60.4 Å². The molecule has 1 saturated heterocycles. The largest absolute Gasteiger partial charge is 0.453 e. The van der Waals surface area contributed by atoms with Crippen molar-refractivity contribution in [2.24, 2.45) is 0 Å². The Labute approximate surface area is 188 Å². The van der Waals surface area contributed by atoms with Gasteiger partial charge in [0.1, 0.15) is 6.10 Å². The minimum Gasteiger partial charge on any atom is -0.453 e. The summed E-state index contributed by atoms with van der Waals surface area (Å²) in [7, 11) is 1.35. The number of carbonyl (C=O) groups is 2. The van der Waals surface area contributed by atoms with Crippen LogP contribution in [0.25, 0.3) is 0 Å². The van der Waals surface area contributed by atoms with Gasteiger partial charge < -0.3 is 30.1 Å². The molecule has 174 valence electrons. The number of amides is 2. The van der Waals surface area contributed by atoms with Gasteiger partial charge in [0.15, 0.2) is 0 Å². The van der Waals surface area contributed by atoms with Crippen molar-refractivity contribution in [3.05, 3.63) is 21.4 Å². The molecule has 1 aromatic heterocycles. The molecule has 2 fully saturated rings. The van der Waals surface area contributed by atoms with E-state index in [2.05, 4.69) is 28.4 Å². The number of aryl methyl sites for hydroxylation is 1. The predicted octanol–water partition coefficient (Wildman–Crippen LogP) is 2.17. The average Bonchev–Trinajstić information content (AvgIpc) is 3.54. The maximum absolute atomic E-state index is 13.3. The van der Waals surface area contributed by atoms with Gasteiger partial charge >= 0.3 is 6.09 Å². The monoisotopic (exact) mass is 453 g/mol. The number of hydrogen-bond acceptors (Lipinski definition) is 7. The summed E-state index contributed by atoms with van der Waals surface area (Å²) in [5.41, 5.74) is 1.18. The zero-order valence-electron chi connectivity index (χ0n) is 18.7. The molecule has 9 heteroatoms. The van der Waals surface area contributed by atoms with E-state index >= 15 is 0 Å². The van der Waals surface area contributed by atoms with Crippen LogP contribution in [0.15, 0.2) is 6.07 Å². The fourth-order valence-corrected chi connectivity index (χ4v) is 5.28. The zero-order valence-corrected chi connectivity index (χ0v) is 19.5. The summed E-state index contributed by atoms with van der Waals surface area (Å²) in [5, 5.41) is 15.7. The highest BCUT2D eigenvalue weighted by Gasteiger charge is 2.40. The minimum atomic E-state index is -0.429. The van der Waals surface area contributed by atoms with Crippen LogP contribution in [0.4, 0.5) is 4.79 Å². The van der Waals surface area contributed by atoms with Crippen molar-refractivity contribution in [1.82, 2.24) is 15.5 Å². The van der Waals surface area contributed by atoms with Crippen molar-refractivity contribution in [3.8, 4) is 0 Å². The molecule has 2 amide bonds. The van der Waals surface area contributed by atoms with E-state index in [0.29, 0.717) is 19.7 Å². The molecule has 31 heavy (non-hydrogen) atoms. The van der Waals surface area contributed by atoms with Crippen LogP contribution in [0, 0.1) is 0 Å². The van der Waals surface area contributed by atoms with E-state index in [-0.39, 0.29) is 30.5 Å². The Morgan fingerprint density at radius 2 is 2.19 bits per heavy atom. The van der Waals surface area contributed by atoms with Crippen LogP contribution < -0.4 is 10.6 Å². The fraction of sp³-hybridized carbons (Fsp3) is 0.727. The van der Waals surface area contributed by atoms with Gasteiger partial charge in [-0.05, 0) is 44.2 Å². The summed E-state index contributed by atoms with van der Waals surface area (Å²) in [6.45, 7) is 6.61. The highest BCUT2D eigenvalue weighted by atomic mass is 32.1. The number of nitrogens with one attached hydrogen (secondary N) is 2. The van der Waals surface area contributed by atoms with Crippen molar-refractivity contribution in [1.29, 1.82) is 0 Å². The van der Waals surface area contributed by atoms with E-state index in [4.69, 9.17) is 4.74 Å². The van der Waals surface area contributed by atoms with Crippen molar-refractivity contribution < 1.29 is 24.2 Å². The van der Waals surface area contributed by atoms with Crippen LogP contribution in [0.3, 0.4) is 0 Å². The molecule has 2 unspecified atom stereocenters.